The van der Waals surface area contributed by atoms with Gasteiger partial charge in [-0.25, -0.2) is 4.79 Å². The zero-order chi connectivity index (χ0) is 24.2. The summed E-state index contributed by atoms with van der Waals surface area (Å²) in [5.41, 5.74) is 0. The molecule has 1 unspecified atom stereocenters. The topological polar surface area (TPSA) is 123 Å². The molecule has 1 saturated heterocycles. The number of amides is 2. The van der Waals surface area contributed by atoms with Crippen LogP contribution in [0.15, 0.2) is 4.99 Å². The molecule has 33 heavy (non-hydrogen) atoms. The average molecular weight is 522 g/mol. The summed E-state index contributed by atoms with van der Waals surface area (Å²) < 4.78 is 27.7. The number of rotatable bonds is 7. The van der Waals surface area contributed by atoms with Gasteiger partial charge in [0, 0.05) is 39.3 Å². The lowest BCUT2D eigenvalue weighted by molar-refractivity contribution is -0.133. The molecular formula is C20H35N5O5S3. The number of aliphatic carboxylic acids is 1. The minimum Gasteiger partial charge on any atom is -0.481 e. The number of aliphatic imine (C=N–C) groups is 1. The fourth-order valence-electron chi connectivity index (χ4n) is 4.56. The molecule has 0 spiro atoms. The highest BCUT2D eigenvalue weighted by molar-refractivity contribution is 8.25. The second-order valence-corrected chi connectivity index (χ2v) is 13.9. The molecule has 2 heterocycles. The van der Waals surface area contributed by atoms with Gasteiger partial charge < -0.3 is 10.0 Å². The van der Waals surface area contributed by atoms with Gasteiger partial charge in [0.25, 0.3) is 10.2 Å². The molecule has 2 amide bonds. The van der Waals surface area contributed by atoms with Crippen LogP contribution in [0.3, 0.4) is 0 Å². The molecule has 2 N–H and O–H groups in total. The molecule has 1 saturated carbocycles. The Morgan fingerprint density at radius 1 is 1.15 bits per heavy atom. The maximum Gasteiger partial charge on any atom is 0.323 e. The van der Waals surface area contributed by atoms with E-state index in [9.17, 15) is 18.0 Å². The lowest BCUT2D eigenvalue weighted by Crippen LogP contribution is -2.57. The second-order valence-electron chi connectivity index (χ2n) is 9.07. The summed E-state index contributed by atoms with van der Waals surface area (Å²) in [5.74, 6) is -0.201. The van der Waals surface area contributed by atoms with Crippen molar-refractivity contribution < 1.29 is 23.1 Å². The maximum absolute atomic E-state index is 13.4. The van der Waals surface area contributed by atoms with Gasteiger partial charge in [0.2, 0.25) is 0 Å². The molecule has 0 radical (unpaired) electrons. The quantitative estimate of drug-likeness (QED) is 0.526. The van der Waals surface area contributed by atoms with Crippen molar-refractivity contribution in [2.45, 2.75) is 62.1 Å². The van der Waals surface area contributed by atoms with Crippen LogP contribution in [0.25, 0.3) is 0 Å². The third-order valence-corrected chi connectivity index (χ3v) is 10.9. The van der Waals surface area contributed by atoms with E-state index in [1.165, 1.54) is 46.2 Å². The van der Waals surface area contributed by atoms with E-state index < -0.39 is 16.2 Å². The van der Waals surface area contributed by atoms with Gasteiger partial charge in [-0.2, -0.15) is 17.0 Å². The third kappa shape index (κ3) is 7.00. The number of hydrogen-bond donors (Lipinski definition) is 2. The summed E-state index contributed by atoms with van der Waals surface area (Å²) in [6.45, 7) is 3.49. The van der Waals surface area contributed by atoms with E-state index in [4.69, 9.17) is 5.11 Å². The SMILES string of the molecule is CC1CCC(N(C(=O)NC2=NCC(SCC(=O)O)S2)C2CCN(S(=O)(=O)N(C)C)CC2)CC1. The van der Waals surface area contributed by atoms with E-state index >= 15 is 0 Å². The van der Waals surface area contributed by atoms with Crippen LogP contribution in [0.5, 0.6) is 0 Å². The van der Waals surface area contributed by atoms with Crippen LogP contribution in [-0.4, -0.2) is 100 Å². The number of nitrogens with zero attached hydrogens (tertiary/aromatic N) is 4. The number of urea groups is 1. The zero-order valence-corrected chi connectivity index (χ0v) is 21.9. The highest BCUT2D eigenvalue weighted by Gasteiger charge is 2.38. The van der Waals surface area contributed by atoms with E-state index in [0.29, 0.717) is 43.6 Å². The Morgan fingerprint density at radius 2 is 1.76 bits per heavy atom. The van der Waals surface area contributed by atoms with Crippen LogP contribution in [0.2, 0.25) is 0 Å². The lowest BCUT2D eigenvalue weighted by atomic mass is 9.85. The van der Waals surface area contributed by atoms with Crippen molar-refractivity contribution in [3.05, 3.63) is 0 Å². The molecule has 3 rings (SSSR count). The number of hydrogen-bond acceptors (Lipinski definition) is 7. The molecule has 0 aromatic heterocycles. The van der Waals surface area contributed by atoms with Crippen molar-refractivity contribution in [3.63, 3.8) is 0 Å². The molecule has 188 valence electrons. The lowest BCUT2D eigenvalue weighted by Gasteiger charge is -2.44. The zero-order valence-electron chi connectivity index (χ0n) is 19.5. The monoisotopic (exact) mass is 521 g/mol. The Hall–Kier alpha value is -1.02. The number of carbonyl (C=O) groups is 2. The van der Waals surface area contributed by atoms with Crippen LogP contribution >= 0.6 is 23.5 Å². The van der Waals surface area contributed by atoms with Gasteiger partial charge in [0.1, 0.15) is 0 Å². The molecule has 10 nitrogen and oxygen atoms in total. The van der Waals surface area contributed by atoms with Crippen LogP contribution in [-0.2, 0) is 15.0 Å². The van der Waals surface area contributed by atoms with Crippen molar-refractivity contribution >= 4 is 50.9 Å². The Kier molecular flexibility index (Phi) is 9.35. The first-order valence-electron chi connectivity index (χ1n) is 11.4. The highest BCUT2D eigenvalue weighted by atomic mass is 32.2. The van der Waals surface area contributed by atoms with Crippen molar-refractivity contribution in [3.8, 4) is 0 Å². The number of piperidine rings is 1. The summed E-state index contributed by atoms with van der Waals surface area (Å²) in [7, 11) is -0.389. The minimum atomic E-state index is -3.46. The second kappa shape index (κ2) is 11.6. The van der Waals surface area contributed by atoms with Crippen LogP contribution in [0.4, 0.5) is 4.79 Å². The van der Waals surface area contributed by atoms with E-state index in [1.54, 1.807) is 0 Å². The van der Waals surface area contributed by atoms with Gasteiger partial charge in [-0.15, -0.1) is 11.8 Å². The first kappa shape index (κ1) is 26.6. The van der Waals surface area contributed by atoms with Crippen LogP contribution in [0.1, 0.15) is 45.4 Å². The molecular weight excluding hydrogens is 486 g/mol. The number of carboxylic acid groups (broad SMARTS) is 1. The van der Waals surface area contributed by atoms with Crippen molar-refractivity contribution in [1.29, 1.82) is 0 Å². The average Bonchev–Trinajstić information content (AvgIpc) is 3.21. The molecule has 2 fully saturated rings. The number of amidine groups is 1. The number of nitrogens with one attached hydrogen (secondary N) is 1. The molecule has 2 aliphatic heterocycles. The summed E-state index contributed by atoms with van der Waals surface area (Å²) in [4.78, 5) is 30.6. The largest absolute Gasteiger partial charge is 0.481 e. The predicted molar refractivity (Wildman–Crippen MR) is 133 cm³/mol. The van der Waals surface area contributed by atoms with Gasteiger partial charge in [0.15, 0.2) is 5.17 Å². The molecule has 0 aromatic carbocycles. The third-order valence-electron chi connectivity index (χ3n) is 6.45. The van der Waals surface area contributed by atoms with Gasteiger partial charge in [-0.1, -0.05) is 18.7 Å². The molecule has 13 heteroatoms. The summed E-state index contributed by atoms with van der Waals surface area (Å²) >= 11 is 2.71. The van der Waals surface area contributed by atoms with Gasteiger partial charge in [0.05, 0.1) is 16.9 Å². The van der Waals surface area contributed by atoms with Gasteiger partial charge >= 0.3 is 12.0 Å². The normalized spacial score (nSPS) is 27.4. The Balaban J connectivity index is 1.64. The summed E-state index contributed by atoms with van der Waals surface area (Å²) in [5, 5.41) is 12.4. The minimum absolute atomic E-state index is 0.00915. The Morgan fingerprint density at radius 3 is 2.33 bits per heavy atom. The number of carboxylic acids is 1. The number of carbonyl (C=O) groups excluding carboxylic acids is 1. The maximum atomic E-state index is 13.4. The summed E-state index contributed by atoms with van der Waals surface area (Å²) in [6.07, 6.45) is 5.24. The highest BCUT2D eigenvalue weighted by Crippen LogP contribution is 2.33. The number of thioether (sulfide) groups is 2. The van der Waals surface area contributed by atoms with Crippen LogP contribution < -0.4 is 5.32 Å². The molecule has 0 aromatic rings. The molecule has 1 atom stereocenters. The van der Waals surface area contributed by atoms with E-state index in [2.05, 4.69) is 17.2 Å². The van der Waals surface area contributed by atoms with Gasteiger partial charge in [-0.05, 0) is 44.4 Å². The van der Waals surface area contributed by atoms with Crippen molar-refractivity contribution in [1.82, 2.24) is 18.8 Å². The standard InChI is InChI=1S/C20H35N5O5S3/c1-14-4-6-15(7-5-14)25(16-8-10-24(11-9-16)33(29,30)23(2)3)20(28)22-19-21-12-18(32-19)31-13-17(26)27/h14-16,18H,4-13H2,1-3H3,(H,26,27)(H,21,22,28). The first-order valence-corrected chi connectivity index (χ1v) is 14.7. The fourth-order valence-corrected chi connectivity index (χ4v) is 7.65. The fraction of sp³-hybridized carbons (Fsp3) is 0.850. The molecule has 3 aliphatic rings. The van der Waals surface area contributed by atoms with E-state index in [-0.39, 0.29) is 28.4 Å². The predicted octanol–water partition coefficient (Wildman–Crippen LogP) is 2.09. The smallest absolute Gasteiger partial charge is 0.323 e. The van der Waals surface area contributed by atoms with Crippen molar-refractivity contribution in [2.75, 3.05) is 39.5 Å². The molecule has 1 aliphatic carbocycles. The Labute approximate surface area is 205 Å². The van der Waals surface area contributed by atoms with Crippen LogP contribution in [0, 0.1) is 5.92 Å². The van der Waals surface area contributed by atoms with Gasteiger partial charge in [-0.3, -0.25) is 15.1 Å². The van der Waals surface area contributed by atoms with E-state index in [0.717, 1.165) is 25.7 Å². The Bertz CT molecular complexity index is 837. The first-order chi connectivity index (χ1) is 15.6. The molecule has 0 bridgehead atoms. The van der Waals surface area contributed by atoms with Crippen molar-refractivity contribution in [2.24, 2.45) is 10.9 Å². The summed E-state index contributed by atoms with van der Waals surface area (Å²) in [6, 6.07) is -0.0767. The van der Waals surface area contributed by atoms with E-state index in [1.807, 2.05) is 4.90 Å².